The highest BCUT2D eigenvalue weighted by Crippen LogP contribution is 2.20. The molecule has 0 unspecified atom stereocenters. The zero-order valence-corrected chi connectivity index (χ0v) is 16.9. The number of benzene rings is 1. The summed E-state index contributed by atoms with van der Waals surface area (Å²) in [5, 5.41) is 3.96. The fourth-order valence-electron chi connectivity index (χ4n) is 3.12. The lowest BCUT2D eigenvalue weighted by Crippen LogP contribution is -2.49. The Bertz CT molecular complexity index is 745. The summed E-state index contributed by atoms with van der Waals surface area (Å²) in [7, 11) is 0. The van der Waals surface area contributed by atoms with E-state index in [1.165, 1.54) is 5.56 Å². The van der Waals surface area contributed by atoms with Crippen LogP contribution < -0.4 is 0 Å². The van der Waals surface area contributed by atoms with Gasteiger partial charge in [0.25, 0.3) is 0 Å². The predicted octanol–water partition coefficient (Wildman–Crippen LogP) is 3.38. The van der Waals surface area contributed by atoms with Crippen LogP contribution in [0.5, 0.6) is 0 Å². The standard InChI is InChI=1S/C21H27N3O2S/c1-17-20(18(2)26-22-17)15-27-16-21(25)24-13-11-23(12-14-24)10-6-9-19-7-4-3-5-8-19/h3-9H,10-16H2,1-2H3/b9-6+. The van der Waals surface area contributed by atoms with Crippen molar-refractivity contribution in [2.45, 2.75) is 19.6 Å². The Labute approximate surface area is 165 Å². The third-order valence-electron chi connectivity index (χ3n) is 4.85. The molecule has 0 spiro atoms. The maximum absolute atomic E-state index is 12.4. The zero-order valence-electron chi connectivity index (χ0n) is 16.1. The average molecular weight is 386 g/mol. The van der Waals surface area contributed by atoms with Gasteiger partial charge in [-0.05, 0) is 19.4 Å². The molecule has 1 aliphatic heterocycles. The SMILES string of the molecule is Cc1noc(C)c1CSCC(=O)N1CCN(C/C=C/c2ccccc2)CC1. The lowest BCUT2D eigenvalue weighted by molar-refractivity contribution is -0.129. The highest BCUT2D eigenvalue weighted by atomic mass is 32.2. The molecule has 3 rings (SSSR count). The third kappa shape index (κ3) is 5.71. The Balaban J connectivity index is 1.36. The van der Waals surface area contributed by atoms with Crippen LogP contribution in [0.1, 0.15) is 22.6 Å². The molecule has 0 radical (unpaired) electrons. The minimum atomic E-state index is 0.228. The molecule has 1 saturated heterocycles. The first kappa shape index (κ1) is 19.7. The molecule has 5 nitrogen and oxygen atoms in total. The minimum Gasteiger partial charge on any atom is -0.361 e. The molecule has 1 fully saturated rings. The van der Waals surface area contributed by atoms with Gasteiger partial charge in [-0.15, -0.1) is 11.8 Å². The fraction of sp³-hybridized carbons (Fsp3) is 0.429. The van der Waals surface area contributed by atoms with E-state index in [-0.39, 0.29) is 5.91 Å². The monoisotopic (exact) mass is 385 g/mol. The van der Waals surface area contributed by atoms with Crippen molar-refractivity contribution in [1.82, 2.24) is 15.0 Å². The first-order chi connectivity index (χ1) is 13.1. The minimum absolute atomic E-state index is 0.228. The van der Waals surface area contributed by atoms with Gasteiger partial charge in [-0.2, -0.15) is 0 Å². The molecule has 0 N–H and O–H groups in total. The summed E-state index contributed by atoms with van der Waals surface area (Å²) in [4.78, 5) is 16.8. The van der Waals surface area contributed by atoms with E-state index in [0.717, 1.165) is 55.5 Å². The van der Waals surface area contributed by atoms with E-state index in [9.17, 15) is 4.79 Å². The van der Waals surface area contributed by atoms with Gasteiger partial charge in [-0.1, -0.05) is 47.6 Å². The Hall–Kier alpha value is -2.05. The molecule has 2 aromatic rings. The Morgan fingerprint density at radius 1 is 1.19 bits per heavy atom. The molecule has 1 amide bonds. The number of hydrogen-bond acceptors (Lipinski definition) is 5. The Morgan fingerprint density at radius 3 is 2.59 bits per heavy atom. The predicted molar refractivity (Wildman–Crippen MR) is 111 cm³/mol. The first-order valence-corrected chi connectivity index (χ1v) is 10.5. The van der Waals surface area contributed by atoms with Crippen LogP contribution in [0.3, 0.4) is 0 Å². The lowest BCUT2D eigenvalue weighted by Gasteiger charge is -2.34. The topological polar surface area (TPSA) is 49.6 Å². The number of hydrogen-bond donors (Lipinski definition) is 0. The summed E-state index contributed by atoms with van der Waals surface area (Å²) in [6, 6.07) is 10.3. The molecule has 0 aliphatic carbocycles. The normalized spacial score (nSPS) is 15.6. The summed E-state index contributed by atoms with van der Waals surface area (Å²) in [5.74, 6) is 2.37. The largest absolute Gasteiger partial charge is 0.361 e. The smallest absolute Gasteiger partial charge is 0.232 e. The fourth-order valence-corrected chi connectivity index (χ4v) is 4.20. The van der Waals surface area contributed by atoms with Crippen molar-refractivity contribution in [3.05, 3.63) is 59.0 Å². The second-order valence-corrected chi connectivity index (χ2v) is 7.78. The molecule has 1 aliphatic rings. The third-order valence-corrected chi connectivity index (χ3v) is 5.80. The molecule has 2 heterocycles. The molecule has 1 aromatic heterocycles. The van der Waals surface area contributed by atoms with E-state index in [1.807, 2.05) is 36.9 Å². The van der Waals surface area contributed by atoms with E-state index in [1.54, 1.807) is 11.8 Å². The zero-order chi connectivity index (χ0) is 19.1. The van der Waals surface area contributed by atoms with Gasteiger partial charge in [-0.3, -0.25) is 9.69 Å². The second kappa shape index (κ2) is 9.76. The van der Waals surface area contributed by atoms with Crippen LogP contribution in [-0.2, 0) is 10.5 Å². The summed E-state index contributed by atoms with van der Waals surface area (Å²) < 4.78 is 5.17. The van der Waals surface area contributed by atoms with Gasteiger partial charge in [0.2, 0.25) is 5.91 Å². The average Bonchev–Trinajstić information content (AvgIpc) is 3.01. The molecule has 6 heteroatoms. The highest BCUT2D eigenvalue weighted by molar-refractivity contribution is 7.99. The van der Waals surface area contributed by atoms with Crippen molar-refractivity contribution >= 4 is 23.7 Å². The number of carbonyl (C=O) groups is 1. The van der Waals surface area contributed by atoms with E-state index < -0.39 is 0 Å². The van der Waals surface area contributed by atoms with Gasteiger partial charge in [-0.25, -0.2) is 0 Å². The number of thioether (sulfide) groups is 1. The summed E-state index contributed by atoms with van der Waals surface area (Å²) in [6.07, 6.45) is 4.36. The van der Waals surface area contributed by atoms with Crippen molar-refractivity contribution in [2.24, 2.45) is 0 Å². The van der Waals surface area contributed by atoms with Crippen molar-refractivity contribution in [3.8, 4) is 0 Å². The van der Waals surface area contributed by atoms with Gasteiger partial charge >= 0.3 is 0 Å². The van der Waals surface area contributed by atoms with E-state index in [2.05, 4.69) is 34.3 Å². The molecule has 0 saturated carbocycles. The number of carbonyl (C=O) groups excluding carboxylic acids is 1. The number of aromatic nitrogens is 1. The molecule has 27 heavy (non-hydrogen) atoms. The quantitative estimate of drug-likeness (QED) is 0.731. The van der Waals surface area contributed by atoms with Crippen molar-refractivity contribution in [2.75, 3.05) is 38.5 Å². The van der Waals surface area contributed by atoms with Gasteiger partial charge in [0.15, 0.2) is 0 Å². The molecule has 0 atom stereocenters. The molecule has 1 aromatic carbocycles. The lowest BCUT2D eigenvalue weighted by atomic mass is 10.2. The Morgan fingerprint density at radius 2 is 1.93 bits per heavy atom. The van der Waals surface area contributed by atoms with Crippen molar-refractivity contribution in [1.29, 1.82) is 0 Å². The summed E-state index contributed by atoms with van der Waals surface area (Å²) in [5.41, 5.74) is 3.26. The van der Waals surface area contributed by atoms with Crippen LogP contribution in [-0.4, -0.2) is 59.3 Å². The van der Waals surface area contributed by atoms with E-state index >= 15 is 0 Å². The van der Waals surface area contributed by atoms with Gasteiger partial charge in [0.05, 0.1) is 11.4 Å². The van der Waals surface area contributed by atoms with Crippen LogP contribution in [0.4, 0.5) is 0 Å². The number of rotatable bonds is 7. The number of nitrogens with zero attached hydrogens (tertiary/aromatic N) is 3. The van der Waals surface area contributed by atoms with Crippen LogP contribution in [0, 0.1) is 13.8 Å². The van der Waals surface area contributed by atoms with E-state index in [4.69, 9.17) is 4.52 Å². The maximum Gasteiger partial charge on any atom is 0.232 e. The van der Waals surface area contributed by atoms with Crippen LogP contribution >= 0.6 is 11.8 Å². The highest BCUT2D eigenvalue weighted by Gasteiger charge is 2.20. The molecular weight excluding hydrogens is 358 g/mol. The second-order valence-electron chi connectivity index (χ2n) is 6.79. The van der Waals surface area contributed by atoms with Crippen LogP contribution in [0.25, 0.3) is 6.08 Å². The summed E-state index contributed by atoms with van der Waals surface area (Å²) >= 11 is 1.64. The van der Waals surface area contributed by atoms with Gasteiger partial charge < -0.3 is 9.42 Å². The van der Waals surface area contributed by atoms with Crippen molar-refractivity contribution in [3.63, 3.8) is 0 Å². The molecule has 0 bridgehead atoms. The first-order valence-electron chi connectivity index (χ1n) is 9.34. The maximum atomic E-state index is 12.4. The summed E-state index contributed by atoms with van der Waals surface area (Å²) in [6.45, 7) is 8.27. The number of piperazine rings is 1. The number of amides is 1. The van der Waals surface area contributed by atoms with Crippen molar-refractivity contribution < 1.29 is 9.32 Å². The van der Waals surface area contributed by atoms with Crippen LogP contribution in [0.2, 0.25) is 0 Å². The van der Waals surface area contributed by atoms with E-state index in [0.29, 0.717) is 5.75 Å². The van der Waals surface area contributed by atoms with Gasteiger partial charge in [0, 0.05) is 44.0 Å². The molecular formula is C21H27N3O2S. The van der Waals surface area contributed by atoms with Gasteiger partial charge in [0.1, 0.15) is 5.76 Å². The number of aryl methyl sites for hydroxylation is 2. The Kier molecular flexibility index (Phi) is 7.12. The molecule has 144 valence electrons. The van der Waals surface area contributed by atoms with Crippen LogP contribution in [0.15, 0.2) is 40.9 Å².